The Bertz CT molecular complexity index is 944. The Morgan fingerprint density at radius 3 is 2.75 bits per heavy atom. The van der Waals surface area contributed by atoms with E-state index in [-0.39, 0.29) is 11.6 Å². The minimum Gasteiger partial charge on any atom is -0.350 e. The summed E-state index contributed by atoms with van der Waals surface area (Å²) in [6, 6.07) is 7.96. The highest BCUT2D eigenvalue weighted by Gasteiger charge is 2.36. The van der Waals surface area contributed by atoms with Crippen molar-refractivity contribution in [3.63, 3.8) is 0 Å². The van der Waals surface area contributed by atoms with Crippen LogP contribution in [0.15, 0.2) is 35.5 Å². The predicted octanol–water partition coefficient (Wildman–Crippen LogP) is 4.62. The Balaban J connectivity index is 1.93. The molecular weight excluding hydrogens is 322 g/mol. The van der Waals surface area contributed by atoms with Gasteiger partial charge in [-0.15, -0.1) is 0 Å². The summed E-state index contributed by atoms with van der Waals surface area (Å²) in [5.74, 6) is 0.893. The number of anilines is 1. The molecule has 2 aromatic heterocycles. The maximum absolute atomic E-state index is 6.16. The third-order valence-corrected chi connectivity index (χ3v) is 4.67. The molecule has 124 valence electrons. The van der Waals surface area contributed by atoms with Gasteiger partial charge >= 0.3 is 0 Å². The lowest BCUT2D eigenvalue weighted by atomic mass is 9.98. The second-order valence-corrected chi connectivity index (χ2v) is 7.58. The number of nitrogens with zero attached hydrogens (tertiary/aromatic N) is 4. The Kier molecular flexibility index (Phi) is 3.25. The van der Waals surface area contributed by atoms with Crippen molar-refractivity contribution in [3.05, 3.63) is 41.2 Å². The van der Waals surface area contributed by atoms with E-state index < -0.39 is 0 Å². The van der Waals surface area contributed by atoms with E-state index in [1.54, 1.807) is 0 Å². The number of aliphatic imine (C=N–C) groups is 1. The van der Waals surface area contributed by atoms with Crippen LogP contribution in [0.2, 0.25) is 5.02 Å². The lowest BCUT2D eigenvalue weighted by molar-refractivity contribution is 0.481. The first-order valence-electron chi connectivity index (χ1n) is 7.99. The van der Waals surface area contributed by atoms with Gasteiger partial charge in [0.2, 0.25) is 0 Å². The van der Waals surface area contributed by atoms with Crippen LogP contribution >= 0.6 is 11.6 Å². The fourth-order valence-corrected chi connectivity index (χ4v) is 3.63. The largest absolute Gasteiger partial charge is 0.350 e. The molecule has 0 saturated carbocycles. The van der Waals surface area contributed by atoms with Crippen LogP contribution in [0.5, 0.6) is 0 Å². The molecule has 1 aromatic carbocycles. The minimum absolute atomic E-state index is 0.0295. The van der Waals surface area contributed by atoms with Crippen LogP contribution in [0.25, 0.3) is 10.9 Å². The van der Waals surface area contributed by atoms with Crippen LogP contribution in [0.3, 0.4) is 0 Å². The molecule has 1 atom stereocenters. The number of rotatable bonds is 1. The van der Waals surface area contributed by atoms with Crippen molar-refractivity contribution in [2.24, 2.45) is 12.0 Å². The zero-order chi connectivity index (χ0) is 17.1. The standard InChI is InChI=1S/C18H20ClN5/c1-18(2,3)24-13-7-8-20-17(13)21-10-15(24)16-12-6-5-11(19)9-14(12)23(4)22-16/h5-10,15,20H,1-4H3. The number of aromatic amines is 1. The number of fused-ring (bicyclic) bond motifs is 2. The van der Waals surface area contributed by atoms with E-state index in [0.717, 1.165) is 33.1 Å². The molecule has 3 heterocycles. The van der Waals surface area contributed by atoms with Crippen molar-refractivity contribution in [2.45, 2.75) is 32.4 Å². The van der Waals surface area contributed by atoms with Crippen molar-refractivity contribution < 1.29 is 0 Å². The number of nitrogens with one attached hydrogen (secondary N) is 1. The number of hydrogen-bond donors (Lipinski definition) is 1. The van der Waals surface area contributed by atoms with E-state index in [4.69, 9.17) is 16.7 Å². The minimum atomic E-state index is -0.0790. The summed E-state index contributed by atoms with van der Waals surface area (Å²) in [6.45, 7) is 6.62. The summed E-state index contributed by atoms with van der Waals surface area (Å²) in [4.78, 5) is 10.2. The van der Waals surface area contributed by atoms with E-state index >= 15 is 0 Å². The number of hydrogen-bond acceptors (Lipinski definition) is 3. The van der Waals surface area contributed by atoms with Crippen LogP contribution in [-0.2, 0) is 7.05 Å². The number of benzene rings is 1. The molecule has 0 amide bonds. The molecule has 1 aliphatic rings. The normalized spacial score (nSPS) is 17.5. The topological polar surface area (TPSA) is 49.2 Å². The first kappa shape index (κ1) is 15.3. The quantitative estimate of drug-likeness (QED) is 0.702. The molecule has 0 fully saturated rings. The van der Waals surface area contributed by atoms with Crippen LogP contribution in [0, 0.1) is 0 Å². The van der Waals surface area contributed by atoms with Gasteiger partial charge in [0.1, 0.15) is 6.04 Å². The first-order chi connectivity index (χ1) is 11.4. The van der Waals surface area contributed by atoms with E-state index in [1.165, 1.54) is 0 Å². The van der Waals surface area contributed by atoms with Gasteiger partial charge in [-0.1, -0.05) is 11.6 Å². The zero-order valence-corrected chi connectivity index (χ0v) is 15.0. The average Bonchev–Trinajstić information content (AvgIpc) is 3.10. The molecule has 0 aliphatic carbocycles. The molecule has 0 spiro atoms. The molecule has 1 N–H and O–H groups in total. The first-order valence-corrected chi connectivity index (χ1v) is 8.37. The average molecular weight is 342 g/mol. The highest BCUT2D eigenvalue weighted by atomic mass is 35.5. The summed E-state index contributed by atoms with van der Waals surface area (Å²) in [5.41, 5.74) is 3.04. The molecular formula is C18H20ClN5. The summed E-state index contributed by atoms with van der Waals surface area (Å²) in [6.07, 6.45) is 3.90. The van der Waals surface area contributed by atoms with E-state index in [9.17, 15) is 0 Å². The maximum Gasteiger partial charge on any atom is 0.153 e. The molecule has 1 unspecified atom stereocenters. The van der Waals surface area contributed by atoms with E-state index in [1.807, 2.05) is 42.3 Å². The van der Waals surface area contributed by atoms with Gasteiger partial charge in [-0.25, -0.2) is 4.99 Å². The van der Waals surface area contributed by atoms with Gasteiger partial charge in [0.15, 0.2) is 5.82 Å². The molecule has 4 rings (SSSR count). The molecule has 6 heteroatoms. The molecule has 1 aliphatic heterocycles. The fraction of sp³-hybridized carbons (Fsp3) is 0.333. The summed E-state index contributed by atoms with van der Waals surface area (Å²) in [7, 11) is 1.95. The van der Waals surface area contributed by atoms with Crippen LogP contribution in [-0.4, -0.2) is 26.5 Å². The second-order valence-electron chi connectivity index (χ2n) is 7.15. The van der Waals surface area contributed by atoms with Crippen molar-refractivity contribution in [3.8, 4) is 0 Å². The van der Waals surface area contributed by atoms with Gasteiger partial charge in [-0.3, -0.25) is 4.68 Å². The molecule has 5 nitrogen and oxygen atoms in total. The predicted molar refractivity (Wildman–Crippen MR) is 99.6 cm³/mol. The van der Waals surface area contributed by atoms with Crippen LogP contribution in [0.1, 0.15) is 32.5 Å². The number of aryl methyl sites for hydroxylation is 1. The van der Waals surface area contributed by atoms with E-state index in [2.05, 4.69) is 41.7 Å². The molecule has 24 heavy (non-hydrogen) atoms. The Morgan fingerprint density at radius 1 is 1.21 bits per heavy atom. The highest BCUT2D eigenvalue weighted by molar-refractivity contribution is 6.31. The Hall–Kier alpha value is -2.27. The zero-order valence-electron chi connectivity index (χ0n) is 14.2. The van der Waals surface area contributed by atoms with Gasteiger partial charge in [-0.05, 0) is 45.0 Å². The van der Waals surface area contributed by atoms with Gasteiger partial charge in [0.05, 0.1) is 16.9 Å². The third kappa shape index (κ3) is 2.23. The van der Waals surface area contributed by atoms with Crippen molar-refractivity contribution in [1.29, 1.82) is 0 Å². The van der Waals surface area contributed by atoms with Gasteiger partial charge in [0.25, 0.3) is 0 Å². The number of halogens is 1. The Labute approximate surface area is 145 Å². The van der Waals surface area contributed by atoms with Gasteiger partial charge in [0, 0.05) is 35.4 Å². The maximum atomic E-state index is 6.16. The molecule has 3 aromatic rings. The smallest absolute Gasteiger partial charge is 0.153 e. The van der Waals surface area contributed by atoms with Crippen molar-refractivity contribution >= 4 is 40.2 Å². The Morgan fingerprint density at radius 2 is 2.00 bits per heavy atom. The lowest BCUT2D eigenvalue weighted by Crippen LogP contribution is -2.45. The van der Waals surface area contributed by atoms with Crippen molar-refractivity contribution in [1.82, 2.24) is 14.8 Å². The van der Waals surface area contributed by atoms with Crippen LogP contribution < -0.4 is 4.90 Å². The van der Waals surface area contributed by atoms with Crippen LogP contribution in [0.4, 0.5) is 11.5 Å². The molecule has 0 bridgehead atoms. The number of aromatic nitrogens is 3. The monoisotopic (exact) mass is 341 g/mol. The summed E-state index contributed by atoms with van der Waals surface area (Å²) < 4.78 is 1.89. The van der Waals surface area contributed by atoms with Gasteiger partial charge in [-0.2, -0.15) is 5.10 Å². The molecule has 0 radical (unpaired) electrons. The second kappa shape index (κ2) is 5.11. The summed E-state index contributed by atoms with van der Waals surface area (Å²) >= 11 is 6.16. The SMILES string of the molecule is Cn1nc(C2C=Nc3[nH]ccc3N2C(C)(C)C)c2ccc(Cl)cc21. The number of H-pyrrole nitrogens is 1. The highest BCUT2D eigenvalue weighted by Crippen LogP contribution is 2.42. The summed E-state index contributed by atoms with van der Waals surface area (Å²) in [5, 5.41) is 6.61. The van der Waals surface area contributed by atoms with Crippen molar-refractivity contribution in [2.75, 3.05) is 4.90 Å². The van der Waals surface area contributed by atoms with Gasteiger partial charge < -0.3 is 9.88 Å². The lowest BCUT2D eigenvalue weighted by Gasteiger charge is -2.42. The molecule has 0 saturated heterocycles. The third-order valence-electron chi connectivity index (χ3n) is 4.43. The van der Waals surface area contributed by atoms with E-state index in [0.29, 0.717) is 0 Å². The fourth-order valence-electron chi connectivity index (χ4n) is 3.46.